The molecule has 1 aliphatic heterocycles. The maximum absolute atomic E-state index is 11.7. The molecule has 0 saturated carbocycles. The van der Waals surface area contributed by atoms with Gasteiger partial charge in [0.25, 0.3) is 0 Å². The lowest BCUT2D eigenvalue weighted by Gasteiger charge is -2.34. The monoisotopic (exact) mass is 200 g/mol. The zero-order valence-corrected chi connectivity index (χ0v) is 9.25. The Kier molecular flexibility index (Phi) is 4.35. The Bertz CT molecular complexity index is 195. The Hall–Kier alpha value is -0.610. The van der Waals surface area contributed by atoms with Crippen LogP contribution in [0.2, 0.25) is 0 Å². The Labute approximate surface area is 85.6 Å². The van der Waals surface area contributed by atoms with E-state index in [4.69, 9.17) is 4.74 Å². The summed E-state index contributed by atoms with van der Waals surface area (Å²) >= 11 is 0. The first-order valence-electron chi connectivity index (χ1n) is 5.23. The van der Waals surface area contributed by atoms with Crippen LogP contribution in [-0.4, -0.2) is 49.2 Å². The average molecular weight is 200 g/mol. The topological polar surface area (TPSA) is 41.6 Å². The summed E-state index contributed by atoms with van der Waals surface area (Å²) in [4.78, 5) is 13.6. The van der Waals surface area contributed by atoms with Gasteiger partial charge in [-0.05, 0) is 20.8 Å². The minimum atomic E-state index is 0.104. The zero-order valence-electron chi connectivity index (χ0n) is 9.25. The molecule has 1 saturated heterocycles. The molecule has 4 heteroatoms. The lowest BCUT2D eigenvalue weighted by atomic mass is 10.2. The van der Waals surface area contributed by atoms with Gasteiger partial charge in [-0.2, -0.15) is 0 Å². The lowest BCUT2D eigenvalue weighted by molar-refractivity contribution is -0.140. The SMILES string of the molecule is CC(C)OCC(=O)N1CCNC[C@@H]1C. The summed E-state index contributed by atoms with van der Waals surface area (Å²) in [5, 5.41) is 3.25. The summed E-state index contributed by atoms with van der Waals surface area (Å²) in [5.74, 6) is 0.104. The zero-order chi connectivity index (χ0) is 10.6. The first kappa shape index (κ1) is 11.5. The van der Waals surface area contributed by atoms with Crippen LogP contribution < -0.4 is 5.32 Å². The standard InChI is InChI=1S/C10H20N2O2/c1-8(2)14-7-10(13)12-5-4-11-6-9(12)3/h8-9,11H,4-7H2,1-3H3/t9-/m0/s1. The second kappa shape index (κ2) is 5.32. The van der Waals surface area contributed by atoms with E-state index in [2.05, 4.69) is 12.2 Å². The van der Waals surface area contributed by atoms with E-state index in [0.717, 1.165) is 19.6 Å². The molecule has 0 aromatic carbocycles. The van der Waals surface area contributed by atoms with Crippen LogP contribution in [0, 0.1) is 0 Å². The summed E-state index contributed by atoms with van der Waals surface area (Å²) in [6, 6.07) is 0.284. The molecule has 0 bridgehead atoms. The molecule has 1 N–H and O–H groups in total. The van der Waals surface area contributed by atoms with E-state index >= 15 is 0 Å². The van der Waals surface area contributed by atoms with Crippen molar-refractivity contribution < 1.29 is 9.53 Å². The van der Waals surface area contributed by atoms with Gasteiger partial charge in [0.1, 0.15) is 6.61 Å². The normalized spacial score (nSPS) is 22.9. The Morgan fingerprint density at radius 3 is 2.93 bits per heavy atom. The van der Waals surface area contributed by atoms with E-state index in [-0.39, 0.29) is 24.7 Å². The second-order valence-corrected chi connectivity index (χ2v) is 4.00. The van der Waals surface area contributed by atoms with Crippen LogP contribution in [0.25, 0.3) is 0 Å². The van der Waals surface area contributed by atoms with Gasteiger partial charge in [0.05, 0.1) is 6.10 Å². The summed E-state index contributed by atoms with van der Waals surface area (Å²) in [5.41, 5.74) is 0. The number of ether oxygens (including phenoxy) is 1. The third-order valence-electron chi connectivity index (χ3n) is 2.36. The smallest absolute Gasteiger partial charge is 0.248 e. The highest BCUT2D eigenvalue weighted by molar-refractivity contribution is 5.77. The molecule has 0 aromatic heterocycles. The van der Waals surface area contributed by atoms with Crippen LogP contribution in [0.5, 0.6) is 0 Å². The molecular weight excluding hydrogens is 180 g/mol. The van der Waals surface area contributed by atoms with Gasteiger partial charge < -0.3 is 15.0 Å². The first-order valence-corrected chi connectivity index (χ1v) is 5.23. The molecule has 1 amide bonds. The van der Waals surface area contributed by atoms with Crippen molar-refractivity contribution in [3.8, 4) is 0 Å². The third kappa shape index (κ3) is 3.27. The van der Waals surface area contributed by atoms with Crippen LogP contribution in [0.3, 0.4) is 0 Å². The molecule has 0 aliphatic carbocycles. The van der Waals surface area contributed by atoms with E-state index in [1.54, 1.807) is 0 Å². The Morgan fingerprint density at radius 1 is 1.64 bits per heavy atom. The minimum Gasteiger partial charge on any atom is -0.369 e. The van der Waals surface area contributed by atoms with Crippen LogP contribution in [-0.2, 0) is 9.53 Å². The van der Waals surface area contributed by atoms with Gasteiger partial charge in [-0.15, -0.1) is 0 Å². The molecule has 0 spiro atoms. The van der Waals surface area contributed by atoms with Gasteiger partial charge in [-0.1, -0.05) is 0 Å². The Morgan fingerprint density at radius 2 is 2.36 bits per heavy atom. The summed E-state index contributed by atoms with van der Waals surface area (Å²) < 4.78 is 5.29. The molecule has 1 fully saturated rings. The van der Waals surface area contributed by atoms with Gasteiger partial charge in [0.15, 0.2) is 0 Å². The quantitative estimate of drug-likeness (QED) is 0.709. The molecule has 14 heavy (non-hydrogen) atoms. The fourth-order valence-electron chi connectivity index (χ4n) is 1.53. The van der Waals surface area contributed by atoms with Crippen LogP contribution in [0.15, 0.2) is 0 Å². The number of nitrogens with one attached hydrogen (secondary N) is 1. The van der Waals surface area contributed by atoms with E-state index < -0.39 is 0 Å². The molecule has 0 unspecified atom stereocenters. The van der Waals surface area contributed by atoms with Crippen LogP contribution in [0.1, 0.15) is 20.8 Å². The van der Waals surface area contributed by atoms with Crippen molar-refractivity contribution in [2.75, 3.05) is 26.2 Å². The fraction of sp³-hybridized carbons (Fsp3) is 0.900. The third-order valence-corrected chi connectivity index (χ3v) is 2.36. The van der Waals surface area contributed by atoms with Crippen molar-refractivity contribution in [3.05, 3.63) is 0 Å². The van der Waals surface area contributed by atoms with Crippen molar-refractivity contribution >= 4 is 5.91 Å². The molecule has 4 nitrogen and oxygen atoms in total. The number of rotatable bonds is 3. The highest BCUT2D eigenvalue weighted by Gasteiger charge is 2.22. The molecule has 0 aromatic rings. The molecule has 1 heterocycles. The van der Waals surface area contributed by atoms with Crippen LogP contribution >= 0.6 is 0 Å². The minimum absolute atomic E-state index is 0.104. The molecule has 82 valence electrons. The highest BCUT2D eigenvalue weighted by atomic mass is 16.5. The molecule has 1 atom stereocenters. The number of hydrogen-bond donors (Lipinski definition) is 1. The molecule has 0 radical (unpaired) electrons. The van der Waals surface area contributed by atoms with E-state index in [1.807, 2.05) is 18.7 Å². The number of amides is 1. The Balaban J connectivity index is 2.34. The predicted molar refractivity (Wildman–Crippen MR) is 55.1 cm³/mol. The van der Waals surface area contributed by atoms with E-state index in [0.29, 0.717) is 0 Å². The average Bonchev–Trinajstić information content (AvgIpc) is 2.15. The number of carbonyl (C=O) groups excluding carboxylic acids is 1. The van der Waals surface area contributed by atoms with Gasteiger partial charge in [-0.3, -0.25) is 4.79 Å². The number of nitrogens with zero attached hydrogens (tertiary/aromatic N) is 1. The van der Waals surface area contributed by atoms with Gasteiger partial charge in [0.2, 0.25) is 5.91 Å². The maximum Gasteiger partial charge on any atom is 0.248 e. The van der Waals surface area contributed by atoms with Crippen molar-refractivity contribution in [3.63, 3.8) is 0 Å². The van der Waals surface area contributed by atoms with Gasteiger partial charge in [0, 0.05) is 25.7 Å². The highest BCUT2D eigenvalue weighted by Crippen LogP contribution is 2.03. The number of hydrogen-bond acceptors (Lipinski definition) is 3. The van der Waals surface area contributed by atoms with E-state index in [1.165, 1.54) is 0 Å². The van der Waals surface area contributed by atoms with Crippen LogP contribution in [0.4, 0.5) is 0 Å². The van der Waals surface area contributed by atoms with E-state index in [9.17, 15) is 4.79 Å². The van der Waals surface area contributed by atoms with Gasteiger partial charge >= 0.3 is 0 Å². The molecular formula is C10H20N2O2. The summed E-state index contributed by atoms with van der Waals surface area (Å²) in [7, 11) is 0. The maximum atomic E-state index is 11.7. The van der Waals surface area contributed by atoms with Crippen molar-refractivity contribution in [1.29, 1.82) is 0 Å². The number of carbonyl (C=O) groups is 1. The summed E-state index contributed by atoms with van der Waals surface area (Å²) in [6.45, 7) is 8.71. The second-order valence-electron chi connectivity index (χ2n) is 4.00. The van der Waals surface area contributed by atoms with Gasteiger partial charge in [-0.25, -0.2) is 0 Å². The van der Waals surface area contributed by atoms with Crippen molar-refractivity contribution in [1.82, 2.24) is 10.2 Å². The summed E-state index contributed by atoms with van der Waals surface area (Å²) in [6.07, 6.45) is 0.122. The predicted octanol–water partition coefficient (Wildman–Crippen LogP) is 0.232. The fourth-order valence-corrected chi connectivity index (χ4v) is 1.53. The number of piperazine rings is 1. The first-order chi connectivity index (χ1) is 6.61. The van der Waals surface area contributed by atoms with Crippen molar-refractivity contribution in [2.45, 2.75) is 32.9 Å². The lowest BCUT2D eigenvalue weighted by Crippen LogP contribution is -2.53. The van der Waals surface area contributed by atoms with Crippen molar-refractivity contribution in [2.24, 2.45) is 0 Å². The molecule has 1 rings (SSSR count). The largest absolute Gasteiger partial charge is 0.369 e. The molecule has 1 aliphatic rings.